The highest BCUT2D eigenvalue weighted by Gasteiger charge is 2.14. The largest absolute Gasteiger partial charge is 0.416 e. The third-order valence-electron chi connectivity index (χ3n) is 3.49. The lowest BCUT2D eigenvalue weighted by atomic mass is 10.2. The van der Waals surface area contributed by atoms with Crippen LogP contribution in [-0.4, -0.2) is 31.8 Å². The van der Waals surface area contributed by atoms with Gasteiger partial charge >= 0.3 is 5.69 Å². The van der Waals surface area contributed by atoms with Crippen LogP contribution in [-0.2, 0) is 11.2 Å². The Bertz CT molecular complexity index is 1070. The van der Waals surface area contributed by atoms with E-state index in [1.807, 2.05) is 0 Å². The van der Waals surface area contributed by atoms with Gasteiger partial charge in [0.05, 0.1) is 12.2 Å². The standard InChI is InChI=1S/C16H14FN5O4S/c1-8-11(14(24)20-15(25)18-8)6-13-21-22-16(26-13)27-7-12(23)19-10-4-2-9(17)3-5-10/h2-5H,6-7H2,1H3,(H,19,23)(H2,18,20,24,25). The number of anilines is 1. The number of nitrogens with one attached hydrogen (secondary N) is 3. The Hall–Kier alpha value is -3.21. The van der Waals surface area contributed by atoms with E-state index in [-0.39, 0.29) is 29.2 Å². The highest BCUT2D eigenvalue weighted by atomic mass is 32.2. The van der Waals surface area contributed by atoms with Gasteiger partial charge in [0, 0.05) is 16.9 Å². The molecule has 0 fully saturated rings. The number of carbonyl (C=O) groups is 1. The van der Waals surface area contributed by atoms with E-state index in [0.29, 0.717) is 16.9 Å². The van der Waals surface area contributed by atoms with Crippen molar-refractivity contribution in [2.45, 2.75) is 18.6 Å². The van der Waals surface area contributed by atoms with E-state index in [1.165, 1.54) is 24.3 Å². The minimum absolute atomic E-state index is 0.0112. The molecule has 1 aromatic carbocycles. The van der Waals surface area contributed by atoms with Crippen molar-refractivity contribution in [1.82, 2.24) is 20.2 Å². The summed E-state index contributed by atoms with van der Waals surface area (Å²) in [6, 6.07) is 5.39. The summed E-state index contributed by atoms with van der Waals surface area (Å²) in [6.07, 6.45) is 0.0489. The quantitative estimate of drug-likeness (QED) is 0.538. The van der Waals surface area contributed by atoms with Crippen LogP contribution in [0, 0.1) is 12.7 Å². The van der Waals surface area contributed by atoms with Gasteiger partial charge in [-0.3, -0.25) is 14.6 Å². The van der Waals surface area contributed by atoms with Crippen molar-refractivity contribution in [2.24, 2.45) is 0 Å². The van der Waals surface area contributed by atoms with Gasteiger partial charge < -0.3 is 14.7 Å². The molecule has 0 spiro atoms. The SMILES string of the molecule is Cc1[nH]c(=O)[nH]c(=O)c1Cc1nnc(SCC(=O)Nc2ccc(F)cc2)o1. The van der Waals surface area contributed by atoms with Crippen molar-refractivity contribution in [3.63, 3.8) is 0 Å². The van der Waals surface area contributed by atoms with E-state index in [0.717, 1.165) is 11.8 Å². The zero-order valence-electron chi connectivity index (χ0n) is 14.0. The van der Waals surface area contributed by atoms with Crippen LogP contribution in [0.3, 0.4) is 0 Å². The van der Waals surface area contributed by atoms with Crippen molar-refractivity contribution >= 4 is 23.4 Å². The molecule has 2 heterocycles. The average molecular weight is 391 g/mol. The van der Waals surface area contributed by atoms with E-state index in [9.17, 15) is 18.8 Å². The minimum Gasteiger partial charge on any atom is -0.416 e. The van der Waals surface area contributed by atoms with Crippen molar-refractivity contribution < 1.29 is 13.6 Å². The molecule has 0 bridgehead atoms. The van der Waals surface area contributed by atoms with Crippen LogP contribution in [0.1, 0.15) is 17.1 Å². The maximum absolute atomic E-state index is 12.8. The number of aryl methyl sites for hydroxylation is 1. The summed E-state index contributed by atoms with van der Waals surface area (Å²) in [5, 5.41) is 10.4. The molecule has 2 aromatic heterocycles. The minimum atomic E-state index is -0.588. The van der Waals surface area contributed by atoms with Crippen molar-refractivity contribution in [3.05, 3.63) is 68.1 Å². The van der Waals surface area contributed by atoms with Crippen LogP contribution in [0.2, 0.25) is 0 Å². The predicted octanol–water partition coefficient (Wildman–Crippen LogP) is 1.22. The summed E-state index contributed by atoms with van der Waals surface area (Å²) in [5.41, 5.74) is 0.0807. The Morgan fingerprint density at radius 2 is 1.96 bits per heavy atom. The van der Waals surface area contributed by atoms with Crippen molar-refractivity contribution in [1.29, 1.82) is 0 Å². The third kappa shape index (κ3) is 4.91. The van der Waals surface area contributed by atoms with Gasteiger partial charge in [-0.2, -0.15) is 0 Å². The molecule has 3 aromatic rings. The number of rotatable bonds is 6. The summed E-state index contributed by atoms with van der Waals surface area (Å²) in [6.45, 7) is 1.60. The maximum atomic E-state index is 12.8. The molecule has 1 amide bonds. The molecule has 11 heteroatoms. The van der Waals surface area contributed by atoms with Crippen LogP contribution in [0.15, 0.2) is 43.5 Å². The smallest absolute Gasteiger partial charge is 0.325 e. The van der Waals surface area contributed by atoms with E-state index in [4.69, 9.17) is 4.42 Å². The fourth-order valence-electron chi connectivity index (χ4n) is 2.22. The summed E-state index contributed by atoms with van der Waals surface area (Å²) in [7, 11) is 0. The second-order valence-electron chi connectivity index (χ2n) is 5.49. The molecular formula is C16H14FN5O4S. The average Bonchev–Trinajstić information content (AvgIpc) is 3.06. The number of H-pyrrole nitrogens is 2. The van der Waals surface area contributed by atoms with Crippen LogP contribution < -0.4 is 16.6 Å². The first-order valence-electron chi connectivity index (χ1n) is 7.73. The van der Waals surface area contributed by atoms with Gasteiger partial charge in [-0.1, -0.05) is 11.8 Å². The highest BCUT2D eigenvalue weighted by Crippen LogP contribution is 2.18. The number of hydrogen-bond donors (Lipinski definition) is 3. The number of amides is 1. The first-order chi connectivity index (χ1) is 12.9. The molecule has 0 atom stereocenters. The zero-order valence-corrected chi connectivity index (χ0v) is 14.9. The highest BCUT2D eigenvalue weighted by molar-refractivity contribution is 7.99. The van der Waals surface area contributed by atoms with E-state index < -0.39 is 17.1 Å². The molecule has 0 aliphatic heterocycles. The normalized spacial score (nSPS) is 10.7. The monoisotopic (exact) mass is 391 g/mol. The second-order valence-corrected chi connectivity index (χ2v) is 6.42. The molecule has 27 heavy (non-hydrogen) atoms. The molecule has 3 N–H and O–H groups in total. The third-order valence-corrected chi connectivity index (χ3v) is 4.30. The van der Waals surface area contributed by atoms with Crippen LogP contribution in [0.4, 0.5) is 10.1 Å². The zero-order chi connectivity index (χ0) is 19.4. The Morgan fingerprint density at radius 3 is 2.67 bits per heavy atom. The van der Waals surface area contributed by atoms with Gasteiger partial charge in [0.25, 0.3) is 10.8 Å². The molecule has 0 radical (unpaired) electrons. The number of carbonyl (C=O) groups excluding carboxylic acids is 1. The summed E-state index contributed by atoms with van der Waals surface area (Å²) >= 11 is 1.02. The van der Waals surface area contributed by atoms with Crippen LogP contribution >= 0.6 is 11.8 Å². The molecular weight excluding hydrogens is 377 g/mol. The fourth-order valence-corrected chi connectivity index (χ4v) is 2.80. The van der Waals surface area contributed by atoms with Gasteiger partial charge in [-0.25, -0.2) is 9.18 Å². The Morgan fingerprint density at radius 1 is 1.22 bits per heavy atom. The number of aromatic amines is 2. The van der Waals surface area contributed by atoms with E-state index >= 15 is 0 Å². The molecule has 0 unspecified atom stereocenters. The van der Waals surface area contributed by atoms with E-state index in [2.05, 4.69) is 25.5 Å². The second kappa shape index (κ2) is 7.99. The van der Waals surface area contributed by atoms with Gasteiger partial charge in [-0.05, 0) is 31.2 Å². The molecule has 0 saturated heterocycles. The Balaban J connectivity index is 1.58. The van der Waals surface area contributed by atoms with Gasteiger partial charge in [0.2, 0.25) is 11.8 Å². The number of hydrogen-bond acceptors (Lipinski definition) is 7. The number of thioether (sulfide) groups is 1. The number of benzene rings is 1. The van der Waals surface area contributed by atoms with Crippen LogP contribution in [0.5, 0.6) is 0 Å². The van der Waals surface area contributed by atoms with Crippen molar-refractivity contribution in [3.8, 4) is 0 Å². The molecule has 9 nitrogen and oxygen atoms in total. The number of halogens is 1. The molecule has 0 aliphatic carbocycles. The first kappa shape index (κ1) is 18.6. The molecule has 0 saturated carbocycles. The molecule has 140 valence electrons. The van der Waals surface area contributed by atoms with Crippen LogP contribution in [0.25, 0.3) is 0 Å². The summed E-state index contributed by atoms with van der Waals surface area (Å²) in [5.74, 6) is -0.522. The van der Waals surface area contributed by atoms with Crippen molar-refractivity contribution in [2.75, 3.05) is 11.1 Å². The lowest BCUT2D eigenvalue weighted by Crippen LogP contribution is -2.27. The Labute approximate surface area is 155 Å². The number of aromatic nitrogens is 4. The molecule has 0 aliphatic rings. The lowest BCUT2D eigenvalue weighted by Gasteiger charge is -2.03. The first-order valence-corrected chi connectivity index (χ1v) is 8.72. The summed E-state index contributed by atoms with van der Waals surface area (Å²) < 4.78 is 18.2. The predicted molar refractivity (Wildman–Crippen MR) is 95.3 cm³/mol. The lowest BCUT2D eigenvalue weighted by molar-refractivity contribution is -0.113. The fraction of sp³-hybridized carbons (Fsp3) is 0.188. The van der Waals surface area contributed by atoms with Gasteiger partial charge in [0.1, 0.15) is 5.82 Å². The number of nitrogens with zero attached hydrogens (tertiary/aromatic N) is 2. The van der Waals surface area contributed by atoms with Gasteiger partial charge in [0.15, 0.2) is 0 Å². The van der Waals surface area contributed by atoms with Gasteiger partial charge in [-0.15, -0.1) is 10.2 Å². The van der Waals surface area contributed by atoms with E-state index in [1.54, 1.807) is 6.92 Å². The topological polar surface area (TPSA) is 134 Å². The molecule has 3 rings (SSSR count). The summed E-state index contributed by atoms with van der Waals surface area (Å²) in [4.78, 5) is 39.5. The maximum Gasteiger partial charge on any atom is 0.325 e. The Kier molecular flexibility index (Phi) is 5.50.